The fraction of sp³-hybridized carbons (Fsp3) is 0.471. The normalized spacial score (nSPS) is 13.0. The van der Waals surface area contributed by atoms with E-state index in [1.807, 2.05) is 23.7 Å². The highest BCUT2D eigenvalue weighted by atomic mass is 35.5. The second kappa shape index (κ2) is 8.99. The van der Waals surface area contributed by atoms with E-state index in [1.165, 1.54) is 15.6 Å². The number of thiazole rings is 1. The number of imidazole rings is 1. The maximum absolute atomic E-state index is 4.73. The third kappa shape index (κ3) is 4.11. The van der Waals surface area contributed by atoms with Crippen LogP contribution in [0.2, 0.25) is 0 Å². The number of aryl methyl sites for hydroxylation is 2. The van der Waals surface area contributed by atoms with E-state index in [4.69, 9.17) is 10.1 Å². The van der Waals surface area contributed by atoms with Gasteiger partial charge in [-0.3, -0.25) is 4.68 Å². The summed E-state index contributed by atoms with van der Waals surface area (Å²) in [6.07, 6.45) is 6.08. The number of aromatic nitrogens is 5. The van der Waals surface area contributed by atoms with Crippen LogP contribution >= 0.6 is 36.2 Å². The summed E-state index contributed by atoms with van der Waals surface area (Å²) < 4.78 is 4.26. The number of nitrogens with zero attached hydrogens (tertiary/aromatic N) is 5. The van der Waals surface area contributed by atoms with Crippen LogP contribution in [0.4, 0.5) is 0 Å². The second-order valence-electron chi connectivity index (χ2n) is 6.17. The van der Waals surface area contributed by atoms with Gasteiger partial charge in [-0.1, -0.05) is 6.92 Å². The molecule has 0 aromatic carbocycles. The molecule has 1 aliphatic rings. The van der Waals surface area contributed by atoms with E-state index in [9.17, 15) is 0 Å². The van der Waals surface area contributed by atoms with E-state index in [-0.39, 0.29) is 24.8 Å². The first-order valence-corrected chi connectivity index (χ1v) is 9.30. The van der Waals surface area contributed by atoms with Crippen LogP contribution in [0.1, 0.15) is 34.6 Å². The molecule has 0 atom stereocenters. The van der Waals surface area contributed by atoms with E-state index in [0.717, 1.165) is 56.2 Å². The summed E-state index contributed by atoms with van der Waals surface area (Å²) in [7, 11) is 0. The lowest BCUT2D eigenvalue weighted by atomic mass is 10.3. The number of rotatable bonds is 5. The molecule has 9 heteroatoms. The first-order valence-electron chi connectivity index (χ1n) is 8.48. The van der Waals surface area contributed by atoms with Crippen LogP contribution in [0, 0.1) is 6.92 Å². The summed E-state index contributed by atoms with van der Waals surface area (Å²) in [5, 5.41) is 9.35. The molecule has 26 heavy (non-hydrogen) atoms. The third-order valence-electron chi connectivity index (χ3n) is 4.33. The van der Waals surface area contributed by atoms with Gasteiger partial charge in [-0.25, -0.2) is 9.97 Å². The first-order chi connectivity index (χ1) is 11.7. The van der Waals surface area contributed by atoms with Crippen LogP contribution in [0.25, 0.3) is 11.5 Å². The number of nitrogens with one attached hydrogen (secondary N) is 1. The Kier molecular flexibility index (Phi) is 7.23. The lowest BCUT2D eigenvalue weighted by Gasteiger charge is -2.13. The van der Waals surface area contributed by atoms with Gasteiger partial charge in [0.05, 0.1) is 29.5 Å². The van der Waals surface area contributed by atoms with Crippen LogP contribution in [0.15, 0.2) is 18.5 Å². The summed E-state index contributed by atoms with van der Waals surface area (Å²) in [6.45, 7) is 7.88. The SMILES string of the molecule is CCCc1nc(C)c(Cn2ccnc2-c2cc3n(n2)CCNC3)s1.Cl.Cl. The fourth-order valence-corrected chi connectivity index (χ4v) is 4.25. The van der Waals surface area contributed by atoms with Crippen molar-refractivity contribution in [3.8, 4) is 11.5 Å². The predicted molar refractivity (Wildman–Crippen MR) is 110 cm³/mol. The zero-order valence-electron chi connectivity index (χ0n) is 14.9. The smallest absolute Gasteiger partial charge is 0.160 e. The minimum Gasteiger partial charge on any atom is -0.324 e. The van der Waals surface area contributed by atoms with Crippen molar-refractivity contribution in [2.24, 2.45) is 0 Å². The molecule has 4 rings (SSSR count). The monoisotopic (exact) mass is 414 g/mol. The molecule has 0 fully saturated rings. The van der Waals surface area contributed by atoms with E-state index in [1.54, 1.807) is 0 Å². The Bertz CT molecular complexity index is 830. The van der Waals surface area contributed by atoms with Gasteiger partial charge in [0.1, 0.15) is 5.69 Å². The molecular weight excluding hydrogens is 391 g/mol. The molecule has 6 nitrogen and oxygen atoms in total. The molecular formula is C17H24Cl2N6S. The number of hydrogen-bond acceptors (Lipinski definition) is 5. The summed E-state index contributed by atoms with van der Waals surface area (Å²) in [4.78, 5) is 10.6. The average molecular weight is 415 g/mol. The molecule has 0 spiro atoms. The van der Waals surface area contributed by atoms with Gasteiger partial charge >= 0.3 is 0 Å². The van der Waals surface area contributed by atoms with Crippen LogP contribution < -0.4 is 5.32 Å². The Morgan fingerprint density at radius 3 is 2.92 bits per heavy atom. The van der Waals surface area contributed by atoms with Crippen LogP contribution in [0.3, 0.4) is 0 Å². The highest BCUT2D eigenvalue weighted by molar-refractivity contribution is 7.11. The Labute approximate surface area is 169 Å². The van der Waals surface area contributed by atoms with Crippen molar-refractivity contribution >= 4 is 36.2 Å². The zero-order valence-corrected chi connectivity index (χ0v) is 17.4. The Hall–Kier alpha value is -1.41. The lowest BCUT2D eigenvalue weighted by Crippen LogP contribution is -2.28. The quantitative estimate of drug-likeness (QED) is 0.694. The van der Waals surface area contributed by atoms with E-state index >= 15 is 0 Å². The Morgan fingerprint density at radius 2 is 2.15 bits per heavy atom. The predicted octanol–water partition coefficient (Wildman–Crippen LogP) is 3.46. The molecule has 1 N–H and O–H groups in total. The maximum Gasteiger partial charge on any atom is 0.160 e. The molecule has 0 amide bonds. The molecule has 4 heterocycles. The molecule has 3 aromatic rings. The Balaban J connectivity index is 0.00000121. The fourth-order valence-electron chi connectivity index (χ4n) is 3.08. The molecule has 0 aliphatic carbocycles. The summed E-state index contributed by atoms with van der Waals surface area (Å²) >= 11 is 1.82. The van der Waals surface area contributed by atoms with Crippen molar-refractivity contribution in [1.82, 2.24) is 29.6 Å². The number of fused-ring (bicyclic) bond motifs is 1. The molecule has 142 valence electrons. The van der Waals surface area contributed by atoms with E-state index in [2.05, 4.69) is 39.5 Å². The molecule has 3 aromatic heterocycles. The van der Waals surface area contributed by atoms with Gasteiger partial charge in [0, 0.05) is 30.4 Å². The van der Waals surface area contributed by atoms with Crippen LogP contribution in [-0.2, 0) is 26.1 Å². The minimum absolute atomic E-state index is 0. The average Bonchev–Trinajstić information content (AvgIpc) is 3.27. The van der Waals surface area contributed by atoms with E-state index in [0.29, 0.717) is 0 Å². The molecule has 0 saturated carbocycles. The van der Waals surface area contributed by atoms with Crippen molar-refractivity contribution < 1.29 is 0 Å². The number of halogens is 2. The van der Waals surface area contributed by atoms with Crippen molar-refractivity contribution in [3.63, 3.8) is 0 Å². The highest BCUT2D eigenvalue weighted by Gasteiger charge is 2.17. The van der Waals surface area contributed by atoms with Gasteiger partial charge in [0.15, 0.2) is 5.82 Å². The molecule has 1 aliphatic heterocycles. The van der Waals surface area contributed by atoms with Gasteiger partial charge in [0.25, 0.3) is 0 Å². The van der Waals surface area contributed by atoms with Crippen LogP contribution in [-0.4, -0.2) is 30.9 Å². The molecule has 0 unspecified atom stereocenters. The van der Waals surface area contributed by atoms with Gasteiger partial charge in [-0.15, -0.1) is 36.2 Å². The Morgan fingerprint density at radius 1 is 1.31 bits per heavy atom. The van der Waals surface area contributed by atoms with Crippen molar-refractivity contribution in [2.45, 2.75) is 46.3 Å². The van der Waals surface area contributed by atoms with Crippen molar-refractivity contribution in [2.75, 3.05) is 6.54 Å². The van der Waals surface area contributed by atoms with Crippen molar-refractivity contribution in [3.05, 3.63) is 39.7 Å². The largest absolute Gasteiger partial charge is 0.324 e. The zero-order chi connectivity index (χ0) is 16.5. The maximum atomic E-state index is 4.73. The third-order valence-corrected chi connectivity index (χ3v) is 5.53. The van der Waals surface area contributed by atoms with Gasteiger partial charge in [-0.05, 0) is 25.8 Å². The standard InChI is InChI=1S/C17H22N6S.2ClH/c1-3-4-16-20-12(2)15(24-16)11-22-7-6-19-17(22)14-9-13-10-18-5-8-23(13)21-14;;/h6-7,9,18H,3-5,8,10-11H2,1-2H3;2*1H. The van der Waals surface area contributed by atoms with Gasteiger partial charge in [-0.2, -0.15) is 5.10 Å². The van der Waals surface area contributed by atoms with Gasteiger partial charge in [0.2, 0.25) is 0 Å². The second-order valence-corrected chi connectivity index (χ2v) is 7.33. The van der Waals surface area contributed by atoms with Gasteiger partial charge < -0.3 is 9.88 Å². The minimum atomic E-state index is 0. The summed E-state index contributed by atoms with van der Waals surface area (Å²) in [5.74, 6) is 0.932. The van der Waals surface area contributed by atoms with Crippen molar-refractivity contribution in [1.29, 1.82) is 0 Å². The highest BCUT2D eigenvalue weighted by Crippen LogP contribution is 2.24. The summed E-state index contributed by atoms with van der Waals surface area (Å²) in [6, 6.07) is 2.15. The van der Waals surface area contributed by atoms with Crippen LogP contribution in [0.5, 0.6) is 0 Å². The lowest BCUT2D eigenvalue weighted by molar-refractivity contribution is 0.476. The molecule has 0 saturated heterocycles. The number of hydrogen-bond donors (Lipinski definition) is 1. The molecule has 0 bridgehead atoms. The summed E-state index contributed by atoms with van der Waals surface area (Å²) in [5.41, 5.74) is 3.32. The molecule has 0 radical (unpaired) electrons. The first kappa shape index (κ1) is 20.9. The topological polar surface area (TPSA) is 60.6 Å². The van der Waals surface area contributed by atoms with E-state index < -0.39 is 0 Å².